The van der Waals surface area contributed by atoms with E-state index in [-0.39, 0.29) is 0 Å². The van der Waals surface area contributed by atoms with Gasteiger partial charge in [0.2, 0.25) is 5.70 Å². The molecule has 2 heterocycles. The van der Waals surface area contributed by atoms with Crippen LogP contribution >= 0.6 is 11.3 Å². The third kappa shape index (κ3) is 8.73. The Hall–Kier alpha value is -4.78. The molecule has 2 aromatic carbocycles. The number of benzene rings is 2. The minimum Gasteiger partial charge on any atom is -0.489 e. The Balaban J connectivity index is 1.62. The third-order valence-corrected chi connectivity index (χ3v) is 9.14. The quantitative estimate of drug-likeness (QED) is 0.0939. The number of anilines is 1. The Morgan fingerprint density at radius 2 is 1.66 bits per heavy atom. The van der Waals surface area contributed by atoms with Gasteiger partial charge in [0.05, 0.1) is 18.2 Å². The van der Waals surface area contributed by atoms with Crippen LogP contribution in [0.1, 0.15) is 81.2 Å². The van der Waals surface area contributed by atoms with E-state index in [1.165, 1.54) is 5.69 Å². The second-order valence-electron chi connectivity index (χ2n) is 12.0. The molecule has 0 bridgehead atoms. The lowest BCUT2D eigenvalue weighted by molar-refractivity contribution is 0.0750. The summed E-state index contributed by atoms with van der Waals surface area (Å²) in [6.45, 7) is 24.6. The van der Waals surface area contributed by atoms with Crippen LogP contribution in [0.25, 0.3) is 23.1 Å². The van der Waals surface area contributed by atoms with E-state index in [0.29, 0.717) is 23.6 Å². The number of rotatable bonds is 15. The van der Waals surface area contributed by atoms with E-state index in [4.69, 9.17) is 16.0 Å². The Bertz CT molecular complexity index is 1760. The molecule has 0 saturated carbocycles. The smallest absolute Gasteiger partial charge is 0.236 e. The molecule has 4 rings (SSSR count). The summed E-state index contributed by atoms with van der Waals surface area (Å²) in [5.74, 6) is 1.20. The number of unbranched alkanes of at least 4 members (excludes halogenated alkanes) is 2. The summed E-state index contributed by atoms with van der Waals surface area (Å²) in [6, 6.07) is 22.7. The molecule has 0 amide bonds. The average Bonchev–Trinajstić information content (AvgIpc) is 3.67. The zero-order valence-electron chi connectivity index (χ0n) is 28.3. The van der Waals surface area contributed by atoms with Gasteiger partial charge >= 0.3 is 0 Å². The Morgan fingerprint density at radius 3 is 2.26 bits per heavy atom. The van der Waals surface area contributed by atoms with E-state index >= 15 is 0 Å². The molecule has 1 atom stereocenters. The van der Waals surface area contributed by atoms with Crippen LogP contribution in [-0.4, -0.2) is 19.7 Å². The lowest BCUT2D eigenvalue weighted by Gasteiger charge is -2.28. The Morgan fingerprint density at radius 1 is 1.00 bits per heavy atom. The Kier molecular flexibility index (Phi) is 12.5. The van der Waals surface area contributed by atoms with Gasteiger partial charge in [-0.15, -0.1) is 11.3 Å². The van der Waals surface area contributed by atoms with Crippen LogP contribution in [0.15, 0.2) is 101 Å². The summed E-state index contributed by atoms with van der Waals surface area (Å²) >= 11 is 1.66. The highest BCUT2D eigenvalue weighted by atomic mass is 32.1. The van der Waals surface area contributed by atoms with Crippen molar-refractivity contribution in [3.63, 3.8) is 0 Å². The van der Waals surface area contributed by atoms with Gasteiger partial charge in [0, 0.05) is 45.7 Å². The number of thiophene rings is 1. The summed E-state index contributed by atoms with van der Waals surface area (Å²) in [5.41, 5.74) is 4.72. The minimum absolute atomic E-state index is 0.345. The number of nitrogens with zero attached hydrogens (tertiary/aromatic N) is 3. The predicted molar refractivity (Wildman–Crippen MR) is 198 cm³/mol. The van der Waals surface area contributed by atoms with Crippen molar-refractivity contribution in [2.45, 2.75) is 65.9 Å². The first-order chi connectivity index (χ1) is 22.7. The zero-order valence-corrected chi connectivity index (χ0v) is 29.1. The molecular weight excluding hydrogens is 599 g/mol. The van der Waals surface area contributed by atoms with E-state index in [9.17, 15) is 5.26 Å². The van der Waals surface area contributed by atoms with Gasteiger partial charge in [0.1, 0.15) is 23.7 Å². The molecule has 242 valence electrons. The number of hydrogen-bond acceptors (Lipinski definition) is 5. The van der Waals surface area contributed by atoms with Crippen LogP contribution in [-0.2, 0) is 10.3 Å². The maximum atomic E-state index is 9.60. The molecule has 0 saturated heterocycles. The molecule has 47 heavy (non-hydrogen) atoms. The molecule has 1 unspecified atom stereocenters. The molecule has 3 aromatic rings. The molecular formula is C41H45N3O2S. The summed E-state index contributed by atoms with van der Waals surface area (Å²) in [6.07, 6.45) is 12.9. The highest BCUT2D eigenvalue weighted by Crippen LogP contribution is 2.47. The molecule has 0 fully saturated rings. The normalized spacial score (nSPS) is 17.1. The van der Waals surface area contributed by atoms with Crippen LogP contribution in [0.2, 0.25) is 0 Å². The van der Waals surface area contributed by atoms with E-state index in [2.05, 4.69) is 78.7 Å². The van der Waals surface area contributed by atoms with Crippen molar-refractivity contribution in [1.82, 2.24) is 0 Å². The largest absolute Gasteiger partial charge is 0.489 e. The van der Waals surface area contributed by atoms with Crippen molar-refractivity contribution in [2.24, 2.45) is 0 Å². The lowest BCUT2D eigenvalue weighted by atomic mass is 9.87. The van der Waals surface area contributed by atoms with Crippen LogP contribution in [0.4, 0.5) is 5.69 Å². The average molecular weight is 644 g/mol. The monoisotopic (exact) mass is 643 g/mol. The maximum absolute atomic E-state index is 9.60. The van der Waals surface area contributed by atoms with Gasteiger partial charge in [-0.05, 0) is 87.2 Å². The first kappa shape index (κ1) is 35.1. The van der Waals surface area contributed by atoms with Gasteiger partial charge in [-0.2, -0.15) is 5.26 Å². The zero-order chi connectivity index (χ0) is 33.8. The highest BCUT2D eigenvalue weighted by Gasteiger charge is 2.43. The Labute approximate surface area is 285 Å². The van der Waals surface area contributed by atoms with Crippen molar-refractivity contribution in [1.29, 1.82) is 5.26 Å². The van der Waals surface area contributed by atoms with Gasteiger partial charge in [-0.3, -0.25) is 0 Å². The second-order valence-corrected chi connectivity index (χ2v) is 13.2. The van der Waals surface area contributed by atoms with Gasteiger partial charge < -0.3 is 14.4 Å². The summed E-state index contributed by atoms with van der Waals surface area (Å²) in [7, 11) is 0. The molecule has 6 heteroatoms. The number of allylic oxidation sites excluding steroid dienone is 1. The molecule has 5 nitrogen and oxygen atoms in total. The molecule has 0 radical (unpaired) electrons. The standard InChI is InChI=1S/C41H45N3O2S/c1-8-10-25-44(26-11-9-2)34-19-17-32(38(27-34)45-29-30(3)4)18-20-35-21-22-36(47-35)23-24-37-39(43-7)40(31(5)28-42)46-41(37,6)33-15-13-12-14-16-33/h12-24,27H,3,8-11,25-26,29H2,1-2,4-6H3/b20-18+,24-23+,40-31+. The second kappa shape index (κ2) is 16.7. The molecule has 0 aliphatic carbocycles. The van der Waals surface area contributed by atoms with Crippen molar-refractivity contribution >= 4 is 35.3 Å². The van der Waals surface area contributed by atoms with Crippen molar-refractivity contribution in [2.75, 3.05) is 24.6 Å². The van der Waals surface area contributed by atoms with Crippen molar-refractivity contribution in [3.05, 3.63) is 134 Å². The van der Waals surface area contributed by atoms with Crippen LogP contribution in [0.3, 0.4) is 0 Å². The molecule has 1 aromatic heterocycles. The SMILES string of the molecule is [C-]#[N+]C1=C(/C=C/c2ccc(/C=C/c3ccc(N(CCCC)CCCC)cc3OCC(=C)C)s2)C(C)(c2ccccc2)O/C1=C(\C)C#N. The molecule has 1 aliphatic heterocycles. The molecule has 0 N–H and O–H groups in total. The summed E-state index contributed by atoms with van der Waals surface area (Å²) in [4.78, 5) is 8.43. The van der Waals surface area contributed by atoms with Gasteiger partial charge in [0.15, 0.2) is 0 Å². The summed E-state index contributed by atoms with van der Waals surface area (Å²) in [5, 5.41) is 9.60. The van der Waals surface area contributed by atoms with Crippen LogP contribution in [0.5, 0.6) is 5.75 Å². The van der Waals surface area contributed by atoms with Crippen LogP contribution < -0.4 is 9.64 Å². The van der Waals surface area contributed by atoms with Gasteiger partial charge in [0.25, 0.3) is 0 Å². The minimum atomic E-state index is -0.889. The van der Waals surface area contributed by atoms with Gasteiger partial charge in [-0.25, -0.2) is 4.85 Å². The lowest BCUT2D eigenvalue weighted by Crippen LogP contribution is -2.25. The van der Waals surface area contributed by atoms with E-state index in [1.807, 2.05) is 56.3 Å². The molecule has 0 spiro atoms. The highest BCUT2D eigenvalue weighted by molar-refractivity contribution is 7.13. The topological polar surface area (TPSA) is 49.9 Å². The van der Waals surface area contributed by atoms with E-state index < -0.39 is 5.60 Å². The summed E-state index contributed by atoms with van der Waals surface area (Å²) < 4.78 is 12.6. The fourth-order valence-corrected chi connectivity index (χ4v) is 6.23. The number of ether oxygens (including phenoxy) is 2. The first-order valence-electron chi connectivity index (χ1n) is 16.3. The van der Waals surface area contributed by atoms with E-state index in [0.717, 1.165) is 76.5 Å². The predicted octanol–water partition coefficient (Wildman–Crippen LogP) is 11.2. The maximum Gasteiger partial charge on any atom is 0.236 e. The molecule has 1 aliphatic rings. The fourth-order valence-electron chi connectivity index (χ4n) is 5.42. The van der Waals surface area contributed by atoms with Gasteiger partial charge in [-0.1, -0.05) is 69.7 Å². The van der Waals surface area contributed by atoms with Crippen molar-refractivity contribution in [3.8, 4) is 11.8 Å². The third-order valence-electron chi connectivity index (χ3n) is 8.12. The number of hydrogen-bond donors (Lipinski definition) is 0. The van der Waals surface area contributed by atoms with E-state index in [1.54, 1.807) is 18.3 Å². The number of nitriles is 1. The van der Waals surface area contributed by atoms with Crippen molar-refractivity contribution < 1.29 is 9.47 Å². The first-order valence-corrected chi connectivity index (χ1v) is 17.2. The fraction of sp³-hybridized carbons (Fsp3) is 0.317. The van der Waals surface area contributed by atoms with Crippen LogP contribution in [0, 0.1) is 17.9 Å².